The third kappa shape index (κ3) is 5.62. The summed E-state index contributed by atoms with van der Waals surface area (Å²) in [5, 5.41) is 15.3. The Balaban J connectivity index is 1.85. The van der Waals surface area contributed by atoms with Crippen LogP contribution in [0.2, 0.25) is 0 Å². The number of anilines is 1. The first-order chi connectivity index (χ1) is 11.6. The minimum atomic E-state index is -0.0747. The number of halogens is 1. The molecule has 0 saturated heterocycles. The van der Waals surface area contributed by atoms with Gasteiger partial charge in [-0.25, -0.2) is 0 Å². The lowest BCUT2D eigenvalue weighted by Gasteiger charge is -2.17. The van der Waals surface area contributed by atoms with Crippen molar-refractivity contribution in [3.05, 3.63) is 58.3 Å². The molecule has 1 unspecified atom stereocenters. The van der Waals surface area contributed by atoms with Crippen LogP contribution in [0.4, 0.5) is 5.69 Å². The average Bonchev–Trinajstić information content (AvgIpc) is 2.58. The fourth-order valence-electron chi connectivity index (χ4n) is 2.48. The first-order valence-electron chi connectivity index (χ1n) is 7.87. The van der Waals surface area contributed by atoms with Crippen molar-refractivity contribution in [3.8, 4) is 0 Å². The van der Waals surface area contributed by atoms with Gasteiger partial charge in [-0.3, -0.25) is 9.78 Å². The zero-order chi connectivity index (χ0) is 17.4. The summed E-state index contributed by atoms with van der Waals surface area (Å²) in [6.45, 7) is 2.78. The Morgan fingerprint density at radius 3 is 2.71 bits per heavy atom. The van der Waals surface area contributed by atoms with E-state index in [-0.39, 0.29) is 25.0 Å². The lowest BCUT2D eigenvalue weighted by molar-refractivity contribution is -0.119. The van der Waals surface area contributed by atoms with Gasteiger partial charge in [0.15, 0.2) is 0 Å². The molecule has 1 atom stereocenters. The van der Waals surface area contributed by atoms with Crippen molar-refractivity contribution in [1.29, 1.82) is 0 Å². The standard InChI is InChI=1S/C18H22BrN3O2/c1-13-10-16(19)2-3-17(13)21-12-18(24)22-11-15(6-9-23)14-4-7-20-8-5-14/h2-5,7-8,10,15,21,23H,6,9,11-12H2,1H3,(H,22,24). The van der Waals surface area contributed by atoms with Crippen LogP contribution in [0.25, 0.3) is 0 Å². The van der Waals surface area contributed by atoms with E-state index in [2.05, 4.69) is 31.5 Å². The Kier molecular flexibility index (Phi) is 7.21. The van der Waals surface area contributed by atoms with Gasteiger partial charge in [0.1, 0.15) is 0 Å². The second-order valence-corrected chi connectivity index (χ2v) is 6.52. The molecular formula is C18H22BrN3O2. The number of amides is 1. The number of benzene rings is 1. The first-order valence-corrected chi connectivity index (χ1v) is 8.67. The SMILES string of the molecule is Cc1cc(Br)ccc1NCC(=O)NCC(CCO)c1ccncc1. The molecule has 5 nitrogen and oxygen atoms in total. The molecule has 0 saturated carbocycles. The topological polar surface area (TPSA) is 74.2 Å². The van der Waals surface area contributed by atoms with Gasteiger partial charge in [-0.2, -0.15) is 0 Å². The predicted octanol–water partition coefficient (Wildman–Crippen LogP) is 2.85. The van der Waals surface area contributed by atoms with Crippen molar-refractivity contribution in [3.63, 3.8) is 0 Å². The van der Waals surface area contributed by atoms with E-state index in [0.717, 1.165) is 21.3 Å². The number of aryl methyl sites for hydroxylation is 1. The molecule has 6 heteroatoms. The molecule has 24 heavy (non-hydrogen) atoms. The fraction of sp³-hybridized carbons (Fsp3) is 0.333. The van der Waals surface area contributed by atoms with Gasteiger partial charge in [-0.1, -0.05) is 15.9 Å². The highest BCUT2D eigenvalue weighted by molar-refractivity contribution is 9.10. The van der Waals surface area contributed by atoms with E-state index in [9.17, 15) is 9.90 Å². The molecule has 0 aliphatic carbocycles. The monoisotopic (exact) mass is 391 g/mol. The first kappa shape index (κ1) is 18.4. The summed E-state index contributed by atoms with van der Waals surface area (Å²) in [7, 11) is 0. The lowest BCUT2D eigenvalue weighted by atomic mass is 9.97. The molecule has 3 N–H and O–H groups in total. The van der Waals surface area contributed by atoms with E-state index in [1.807, 2.05) is 37.3 Å². The van der Waals surface area contributed by atoms with E-state index in [4.69, 9.17) is 0 Å². The second kappa shape index (κ2) is 9.39. The fourth-order valence-corrected chi connectivity index (χ4v) is 2.95. The minimum absolute atomic E-state index is 0.0747. The van der Waals surface area contributed by atoms with Crippen LogP contribution in [-0.4, -0.2) is 35.7 Å². The highest BCUT2D eigenvalue weighted by Gasteiger charge is 2.12. The van der Waals surface area contributed by atoms with Gasteiger partial charge in [-0.05, 0) is 54.8 Å². The Morgan fingerprint density at radius 1 is 1.29 bits per heavy atom. The van der Waals surface area contributed by atoms with E-state index in [1.165, 1.54) is 0 Å². The molecule has 0 aliphatic rings. The van der Waals surface area contributed by atoms with Crippen molar-refractivity contribution in [1.82, 2.24) is 10.3 Å². The Morgan fingerprint density at radius 2 is 2.04 bits per heavy atom. The molecule has 0 fully saturated rings. The van der Waals surface area contributed by atoms with Crippen LogP contribution in [0.1, 0.15) is 23.5 Å². The van der Waals surface area contributed by atoms with Crippen LogP contribution in [0.15, 0.2) is 47.2 Å². The number of hydrogen-bond acceptors (Lipinski definition) is 4. The zero-order valence-corrected chi connectivity index (χ0v) is 15.2. The Hall–Kier alpha value is -1.92. The van der Waals surface area contributed by atoms with Crippen LogP contribution >= 0.6 is 15.9 Å². The predicted molar refractivity (Wildman–Crippen MR) is 99.1 cm³/mol. The van der Waals surface area contributed by atoms with E-state index in [1.54, 1.807) is 12.4 Å². The number of carbonyl (C=O) groups excluding carboxylic acids is 1. The van der Waals surface area contributed by atoms with Gasteiger partial charge >= 0.3 is 0 Å². The number of aliphatic hydroxyl groups is 1. The normalized spacial score (nSPS) is 11.8. The molecular weight excluding hydrogens is 370 g/mol. The smallest absolute Gasteiger partial charge is 0.239 e. The van der Waals surface area contributed by atoms with Crippen molar-refractivity contribution in [2.24, 2.45) is 0 Å². The summed E-state index contributed by atoms with van der Waals surface area (Å²) in [5.74, 6) is 0.00526. The molecule has 1 aromatic carbocycles. The van der Waals surface area contributed by atoms with Crippen LogP contribution in [0.5, 0.6) is 0 Å². The quantitative estimate of drug-likeness (QED) is 0.646. The van der Waals surface area contributed by atoms with Crippen molar-refractivity contribution in [2.75, 3.05) is 25.0 Å². The molecule has 1 aromatic heterocycles. The Labute approximate surface area is 150 Å². The summed E-state index contributed by atoms with van der Waals surface area (Å²) < 4.78 is 1.01. The molecule has 0 spiro atoms. The molecule has 1 heterocycles. The van der Waals surface area contributed by atoms with Gasteiger partial charge in [-0.15, -0.1) is 0 Å². The van der Waals surface area contributed by atoms with Crippen molar-refractivity contribution in [2.45, 2.75) is 19.3 Å². The van der Waals surface area contributed by atoms with Crippen LogP contribution < -0.4 is 10.6 Å². The second-order valence-electron chi connectivity index (χ2n) is 5.61. The molecule has 1 amide bonds. The maximum atomic E-state index is 12.1. The molecule has 128 valence electrons. The molecule has 2 rings (SSSR count). The average molecular weight is 392 g/mol. The maximum Gasteiger partial charge on any atom is 0.239 e. The summed E-state index contributed by atoms with van der Waals surface area (Å²) in [5.41, 5.74) is 3.08. The van der Waals surface area contributed by atoms with E-state index in [0.29, 0.717) is 13.0 Å². The van der Waals surface area contributed by atoms with E-state index >= 15 is 0 Å². The maximum absolute atomic E-state index is 12.1. The van der Waals surface area contributed by atoms with Gasteiger partial charge < -0.3 is 15.7 Å². The summed E-state index contributed by atoms with van der Waals surface area (Å²) >= 11 is 3.42. The molecule has 2 aromatic rings. The highest BCUT2D eigenvalue weighted by atomic mass is 79.9. The van der Waals surface area contributed by atoms with Crippen LogP contribution in [0.3, 0.4) is 0 Å². The number of rotatable bonds is 8. The third-order valence-electron chi connectivity index (χ3n) is 3.83. The van der Waals surface area contributed by atoms with Gasteiger partial charge in [0.05, 0.1) is 6.54 Å². The number of pyridine rings is 1. The minimum Gasteiger partial charge on any atom is -0.396 e. The lowest BCUT2D eigenvalue weighted by Crippen LogP contribution is -2.33. The number of hydrogen-bond donors (Lipinski definition) is 3. The summed E-state index contributed by atoms with van der Waals surface area (Å²) in [6.07, 6.45) is 4.04. The van der Waals surface area contributed by atoms with E-state index < -0.39 is 0 Å². The highest BCUT2D eigenvalue weighted by Crippen LogP contribution is 2.20. The van der Waals surface area contributed by atoms with Crippen molar-refractivity contribution >= 4 is 27.5 Å². The van der Waals surface area contributed by atoms with Crippen LogP contribution in [-0.2, 0) is 4.79 Å². The number of aliphatic hydroxyl groups excluding tert-OH is 1. The van der Waals surface area contributed by atoms with Crippen LogP contribution in [0, 0.1) is 6.92 Å². The zero-order valence-electron chi connectivity index (χ0n) is 13.6. The number of nitrogens with zero attached hydrogens (tertiary/aromatic N) is 1. The molecule has 0 radical (unpaired) electrons. The number of aromatic nitrogens is 1. The molecule has 0 bridgehead atoms. The molecule has 0 aliphatic heterocycles. The van der Waals surface area contributed by atoms with Gasteiger partial charge in [0.25, 0.3) is 0 Å². The summed E-state index contributed by atoms with van der Waals surface area (Å²) in [6, 6.07) is 9.71. The number of nitrogens with one attached hydrogen (secondary N) is 2. The summed E-state index contributed by atoms with van der Waals surface area (Å²) in [4.78, 5) is 16.1. The third-order valence-corrected chi connectivity index (χ3v) is 4.32. The van der Waals surface area contributed by atoms with Gasteiger partial charge in [0.2, 0.25) is 5.91 Å². The number of carbonyl (C=O) groups is 1. The van der Waals surface area contributed by atoms with Gasteiger partial charge in [0, 0.05) is 41.6 Å². The Bertz CT molecular complexity index is 665. The van der Waals surface area contributed by atoms with Crippen molar-refractivity contribution < 1.29 is 9.90 Å². The largest absolute Gasteiger partial charge is 0.396 e.